The van der Waals surface area contributed by atoms with Crippen LogP contribution in [0.25, 0.3) is 5.69 Å². The highest BCUT2D eigenvalue weighted by atomic mass is 32.2. The van der Waals surface area contributed by atoms with Crippen LogP contribution in [-0.4, -0.2) is 33.2 Å². The number of nitrogens with one attached hydrogen (secondary N) is 1. The molecular weight excluding hydrogens is 455 g/mol. The standard InChI is InChI=1S/C25H21FN4O3S/c26-19-7-9-20(10-8-19)30-23(13-17-4-2-1-3-5-17)28-29-25(30)34-15-24(31)27-14-18-6-11-21-22(12-18)33-16-32-21/h1-12H,13-16H2,(H,27,31). The first-order chi connectivity index (χ1) is 16.7. The number of carbonyl (C=O) groups excluding carboxylic acids is 1. The smallest absolute Gasteiger partial charge is 0.231 e. The fraction of sp³-hybridized carbons (Fsp3) is 0.160. The number of carbonyl (C=O) groups is 1. The van der Waals surface area contributed by atoms with Crippen molar-refractivity contribution in [1.82, 2.24) is 20.1 Å². The largest absolute Gasteiger partial charge is 0.454 e. The fourth-order valence-electron chi connectivity index (χ4n) is 3.57. The van der Waals surface area contributed by atoms with Crippen LogP contribution in [0.2, 0.25) is 0 Å². The fourth-order valence-corrected chi connectivity index (χ4v) is 4.37. The zero-order valence-electron chi connectivity index (χ0n) is 18.1. The molecule has 4 aromatic rings. The number of fused-ring (bicyclic) bond motifs is 1. The normalized spacial score (nSPS) is 12.0. The van der Waals surface area contributed by atoms with Crippen LogP contribution in [0.4, 0.5) is 4.39 Å². The molecule has 5 rings (SSSR count). The lowest BCUT2D eigenvalue weighted by Gasteiger charge is -2.11. The van der Waals surface area contributed by atoms with E-state index in [1.54, 1.807) is 12.1 Å². The highest BCUT2D eigenvalue weighted by Crippen LogP contribution is 2.32. The number of ether oxygens (including phenoxy) is 2. The molecule has 0 fully saturated rings. The monoisotopic (exact) mass is 476 g/mol. The number of benzene rings is 3. The SMILES string of the molecule is O=C(CSc1nnc(Cc2ccccc2)n1-c1ccc(F)cc1)NCc1ccc2c(c1)OCO2. The van der Waals surface area contributed by atoms with Gasteiger partial charge >= 0.3 is 0 Å². The molecule has 1 aliphatic heterocycles. The van der Waals surface area contributed by atoms with Gasteiger partial charge in [-0.1, -0.05) is 48.2 Å². The molecule has 0 spiro atoms. The van der Waals surface area contributed by atoms with E-state index in [9.17, 15) is 9.18 Å². The van der Waals surface area contributed by atoms with Crippen molar-refractivity contribution >= 4 is 17.7 Å². The lowest BCUT2D eigenvalue weighted by Crippen LogP contribution is -2.24. The summed E-state index contributed by atoms with van der Waals surface area (Å²) in [6, 6.07) is 21.6. The van der Waals surface area contributed by atoms with Gasteiger partial charge in [0.15, 0.2) is 16.7 Å². The molecule has 7 nitrogen and oxygen atoms in total. The molecule has 1 amide bonds. The maximum Gasteiger partial charge on any atom is 0.231 e. The van der Waals surface area contributed by atoms with Gasteiger partial charge in [-0.25, -0.2) is 4.39 Å². The first kappa shape index (κ1) is 22.0. The van der Waals surface area contributed by atoms with E-state index >= 15 is 0 Å². The van der Waals surface area contributed by atoms with Crippen LogP contribution in [0, 0.1) is 5.82 Å². The van der Waals surface area contributed by atoms with E-state index in [4.69, 9.17) is 9.47 Å². The Kier molecular flexibility index (Phi) is 6.44. The van der Waals surface area contributed by atoms with E-state index in [-0.39, 0.29) is 24.3 Å². The van der Waals surface area contributed by atoms with Crippen molar-refractivity contribution in [2.24, 2.45) is 0 Å². The summed E-state index contributed by atoms with van der Waals surface area (Å²) in [7, 11) is 0. The topological polar surface area (TPSA) is 78.3 Å². The van der Waals surface area contributed by atoms with E-state index in [0.29, 0.717) is 35.4 Å². The van der Waals surface area contributed by atoms with Crippen LogP contribution >= 0.6 is 11.8 Å². The van der Waals surface area contributed by atoms with Gasteiger partial charge in [0.2, 0.25) is 12.7 Å². The van der Waals surface area contributed by atoms with E-state index in [0.717, 1.165) is 16.8 Å². The Hall–Kier alpha value is -3.85. The molecule has 3 aromatic carbocycles. The van der Waals surface area contributed by atoms with Crippen molar-refractivity contribution in [3.63, 3.8) is 0 Å². The molecule has 1 aliphatic rings. The van der Waals surface area contributed by atoms with Gasteiger partial charge in [-0.3, -0.25) is 9.36 Å². The number of hydrogen-bond acceptors (Lipinski definition) is 6. The van der Waals surface area contributed by atoms with Gasteiger partial charge in [-0.05, 0) is 47.5 Å². The molecule has 0 atom stereocenters. The Morgan fingerprint density at radius 2 is 1.76 bits per heavy atom. The van der Waals surface area contributed by atoms with Crippen molar-refractivity contribution in [3.05, 3.63) is 95.6 Å². The molecular formula is C25H21FN4O3S. The summed E-state index contributed by atoms with van der Waals surface area (Å²) < 4.78 is 26.1. The van der Waals surface area contributed by atoms with Gasteiger partial charge < -0.3 is 14.8 Å². The van der Waals surface area contributed by atoms with E-state index in [1.165, 1.54) is 23.9 Å². The Balaban J connectivity index is 1.28. The Morgan fingerprint density at radius 3 is 2.59 bits per heavy atom. The molecule has 0 saturated heterocycles. The second-order valence-electron chi connectivity index (χ2n) is 7.63. The Bertz CT molecular complexity index is 1300. The minimum atomic E-state index is -0.321. The van der Waals surface area contributed by atoms with Gasteiger partial charge in [-0.15, -0.1) is 10.2 Å². The van der Waals surface area contributed by atoms with Gasteiger partial charge in [0.1, 0.15) is 11.6 Å². The number of halogens is 1. The molecule has 0 radical (unpaired) electrons. The van der Waals surface area contributed by atoms with Crippen LogP contribution in [0.15, 0.2) is 78.0 Å². The zero-order chi connectivity index (χ0) is 23.3. The summed E-state index contributed by atoms with van der Waals surface area (Å²) in [5.41, 5.74) is 2.74. The zero-order valence-corrected chi connectivity index (χ0v) is 18.9. The molecule has 1 N–H and O–H groups in total. The summed E-state index contributed by atoms with van der Waals surface area (Å²) in [6.45, 7) is 0.586. The predicted octanol–water partition coefficient (Wildman–Crippen LogP) is 4.13. The first-order valence-corrected chi connectivity index (χ1v) is 11.7. The average Bonchev–Trinajstić information content (AvgIpc) is 3.49. The molecule has 2 heterocycles. The summed E-state index contributed by atoms with van der Waals surface area (Å²) in [5, 5.41) is 12.1. The van der Waals surface area contributed by atoms with Crippen LogP contribution < -0.4 is 14.8 Å². The maximum atomic E-state index is 13.5. The van der Waals surface area contributed by atoms with Crippen molar-refractivity contribution in [1.29, 1.82) is 0 Å². The number of nitrogens with zero attached hydrogens (tertiary/aromatic N) is 3. The maximum absolute atomic E-state index is 13.5. The number of amides is 1. The number of rotatable bonds is 8. The summed E-state index contributed by atoms with van der Waals surface area (Å²) >= 11 is 1.28. The number of hydrogen-bond donors (Lipinski definition) is 1. The molecule has 172 valence electrons. The highest BCUT2D eigenvalue weighted by Gasteiger charge is 2.17. The lowest BCUT2D eigenvalue weighted by molar-refractivity contribution is -0.118. The third-order valence-corrected chi connectivity index (χ3v) is 6.18. The molecule has 0 aliphatic carbocycles. The summed E-state index contributed by atoms with van der Waals surface area (Å²) in [5.74, 6) is 1.80. The van der Waals surface area contributed by atoms with E-state index in [2.05, 4.69) is 15.5 Å². The van der Waals surface area contributed by atoms with Crippen LogP contribution in [0.1, 0.15) is 17.0 Å². The molecule has 0 saturated carbocycles. The van der Waals surface area contributed by atoms with Gasteiger partial charge in [-0.2, -0.15) is 0 Å². The van der Waals surface area contributed by atoms with Crippen molar-refractivity contribution < 1.29 is 18.7 Å². The average molecular weight is 477 g/mol. The third-order valence-electron chi connectivity index (χ3n) is 5.25. The second kappa shape index (κ2) is 9.96. The summed E-state index contributed by atoms with van der Waals surface area (Å²) in [4.78, 5) is 12.5. The molecule has 34 heavy (non-hydrogen) atoms. The van der Waals surface area contributed by atoms with Gasteiger partial charge in [0.25, 0.3) is 0 Å². The Morgan fingerprint density at radius 1 is 0.971 bits per heavy atom. The molecule has 0 unspecified atom stereocenters. The van der Waals surface area contributed by atoms with Crippen LogP contribution in [-0.2, 0) is 17.8 Å². The third kappa shape index (κ3) is 5.04. The van der Waals surface area contributed by atoms with E-state index < -0.39 is 0 Å². The summed E-state index contributed by atoms with van der Waals surface area (Å²) in [6.07, 6.45) is 0.558. The minimum absolute atomic E-state index is 0.138. The molecule has 0 bridgehead atoms. The second-order valence-corrected chi connectivity index (χ2v) is 8.57. The van der Waals surface area contributed by atoms with Crippen molar-refractivity contribution in [2.75, 3.05) is 12.5 Å². The van der Waals surface area contributed by atoms with Crippen LogP contribution in [0.5, 0.6) is 11.5 Å². The quantitative estimate of drug-likeness (QED) is 0.385. The number of aromatic nitrogens is 3. The van der Waals surface area contributed by atoms with Gasteiger partial charge in [0.05, 0.1) is 5.75 Å². The van der Waals surface area contributed by atoms with Gasteiger partial charge in [0, 0.05) is 18.7 Å². The lowest BCUT2D eigenvalue weighted by atomic mass is 10.1. The van der Waals surface area contributed by atoms with E-state index in [1.807, 2.05) is 53.1 Å². The molecule has 9 heteroatoms. The molecule has 1 aromatic heterocycles. The minimum Gasteiger partial charge on any atom is -0.454 e. The Labute approximate surface area is 199 Å². The number of thioether (sulfide) groups is 1. The predicted molar refractivity (Wildman–Crippen MR) is 126 cm³/mol. The van der Waals surface area contributed by atoms with Crippen molar-refractivity contribution in [2.45, 2.75) is 18.1 Å². The van der Waals surface area contributed by atoms with Crippen LogP contribution in [0.3, 0.4) is 0 Å². The highest BCUT2D eigenvalue weighted by molar-refractivity contribution is 7.99. The van der Waals surface area contributed by atoms with Crippen molar-refractivity contribution in [3.8, 4) is 17.2 Å². The first-order valence-electron chi connectivity index (χ1n) is 10.7.